The summed E-state index contributed by atoms with van der Waals surface area (Å²) in [5.41, 5.74) is -0.223. The van der Waals surface area contributed by atoms with Crippen LogP contribution in [-0.2, 0) is 25.5 Å². The van der Waals surface area contributed by atoms with Gasteiger partial charge in [0.15, 0.2) is 0 Å². The molecule has 1 spiro atoms. The van der Waals surface area contributed by atoms with Gasteiger partial charge in [-0.25, -0.2) is 0 Å². The summed E-state index contributed by atoms with van der Waals surface area (Å²) in [6.45, 7) is 10.5. The molecule has 3 aliphatic heterocycles. The Hall–Kier alpha value is -2.49. The smallest absolute Gasteiger partial charge is 0.248 e. The van der Waals surface area contributed by atoms with Crippen LogP contribution in [0.5, 0.6) is 0 Å². The molecule has 4 rings (SSSR count). The fourth-order valence-corrected chi connectivity index (χ4v) is 7.61. The SMILES string of the molecule is C=CCN(C)C(=O)[C@H]1[C@@H]2OC3(CC2Br)C(C(=O)N(CC=C)CCCC)N([C@@H](CO)Cc2ccccc2)C(=O)[C@H]13. The van der Waals surface area contributed by atoms with Crippen LogP contribution in [0.2, 0.25) is 0 Å². The Balaban J connectivity index is 1.80. The van der Waals surface area contributed by atoms with Crippen molar-refractivity contribution in [1.82, 2.24) is 14.7 Å². The number of rotatable bonds is 13. The van der Waals surface area contributed by atoms with Crippen molar-refractivity contribution in [3.63, 3.8) is 0 Å². The topological polar surface area (TPSA) is 90.4 Å². The molecule has 1 aromatic rings. The van der Waals surface area contributed by atoms with Crippen LogP contribution in [0, 0.1) is 11.8 Å². The third-order valence-electron chi connectivity index (χ3n) is 8.39. The lowest BCUT2D eigenvalue weighted by Crippen LogP contribution is -2.59. The Kier molecular flexibility index (Phi) is 9.34. The Morgan fingerprint density at radius 1 is 1.23 bits per heavy atom. The van der Waals surface area contributed by atoms with Crippen LogP contribution in [0.15, 0.2) is 55.6 Å². The second-order valence-corrected chi connectivity index (χ2v) is 12.0. The summed E-state index contributed by atoms with van der Waals surface area (Å²) in [4.78, 5) is 47.2. The normalized spacial score (nSPS) is 29.7. The number of aliphatic hydroxyl groups excluding tert-OH is 1. The quantitative estimate of drug-likeness (QED) is 0.277. The molecule has 3 aliphatic rings. The maximum Gasteiger partial charge on any atom is 0.248 e. The lowest BCUT2D eigenvalue weighted by Gasteiger charge is -2.39. The molecule has 3 unspecified atom stereocenters. The minimum atomic E-state index is -1.17. The van der Waals surface area contributed by atoms with Gasteiger partial charge in [-0.1, -0.05) is 71.8 Å². The summed E-state index contributed by atoms with van der Waals surface area (Å²) in [6.07, 6.45) is 5.32. The maximum absolute atomic E-state index is 14.4. The minimum absolute atomic E-state index is 0.187. The first-order valence-corrected chi connectivity index (χ1v) is 14.7. The van der Waals surface area contributed by atoms with E-state index < -0.39 is 35.6 Å². The fourth-order valence-electron chi connectivity index (χ4n) is 6.67. The van der Waals surface area contributed by atoms with Crippen molar-refractivity contribution in [1.29, 1.82) is 0 Å². The number of unbranched alkanes of at least 4 members (excludes halogenated alkanes) is 1. The van der Waals surface area contributed by atoms with Gasteiger partial charge in [0, 0.05) is 31.5 Å². The van der Waals surface area contributed by atoms with Gasteiger partial charge in [0.05, 0.1) is 30.6 Å². The van der Waals surface area contributed by atoms with Crippen molar-refractivity contribution >= 4 is 33.7 Å². The molecular weight excluding hydrogens is 562 g/mol. The van der Waals surface area contributed by atoms with E-state index in [2.05, 4.69) is 36.0 Å². The number of fused-ring (bicyclic) bond motifs is 1. The van der Waals surface area contributed by atoms with E-state index in [9.17, 15) is 19.5 Å². The molecule has 3 fully saturated rings. The summed E-state index contributed by atoms with van der Waals surface area (Å²) >= 11 is 3.72. The first-order chi connectivity index (χ1) is 18.7. The van der Waals surface area contributed by atoms with E-state index in [4.69, 9.17) is 4.74 Å². The van der Waals surface area contributed by atoms with Crippen molar-refractivity contribution in [3.05, 3.63) is 61.2 Å². The number of carbonyl (C=O) groups is 3. The molecule has 3 amide bonds. The highest BCUT2D eigenvalue weighted by Crippen LogP contribution is 2.60. The standard InChI is InChI=1S/C30H40BrN3O5/c1-5-8-16-33(15-7-3)29(38)26-30-18-22(31)25(39-30)23(27(36)32(4)14-6-2)24(30)28(37)34(26)21(19-35)17-20-12-10-9-11-13-20/h6-7,9-13,21-26,35H,2-3,5,8,14-19H2,1,4H3/t21-,22?,23-,24+,25-,26?,30?/m1/s1. The number of hydrogen-bond donors (Lipinski definition) is 1. The maximum atomic E-state index is 14.4. The largest absolute Gasteiger partial charge is 0.394 e. The number of alkyl halides is 1. The van der Waals surface area contributed by atoms with E-state index >= 15 is 0 Å². The minimum Gasteiger partial charge on any atom is -0.394 e. The molecule has 3 heterocycles. The van der Waals surface area contributed by atoms with Gasteiger partial charge in [0.25, 0.3) is 0 Å². The molecule has 7 atom stereocenters. The van der Waals surface area contributed by atoms with Crippen LogP contribution in [-0.4, -0.2) is 99.4 Å². The van der Waals surface area contributed by atoms with Gasteiger partial charge in [0.1, 0.15) is 11.6 Å². The lowest BCUT2D eigenvalue weighted by atomic mass is 9.70. The van der Waals surface area contributed by atoms with Crippen molar-refractivity contribution in [2.45, 2.75) is 61.2 Å². The molecule has 9 heteroatoms. The number of halogens is 1. The Morgan fingerprint density at radius 2 is 1.92 bits per heavy atom. The van der Waals surface area contributed by atoms with Crippen LogP contribution in [0.4, 0.5) is 0 Å². The summed E-state index contributed by atoms with van der Waals surface area (Å²) in [6, 6.07) is 8.01. The molecule has 212 valence electrons. The van der Waals surface area contributed by atoms with Gasteiger partial charge < -0.3 is 24.5 Å². The third kappa shape index (κ3) is 5.21. The van der Waals surface area contributed by atoms with Crippen LogP contribution >= 0.6 is 15.9 Å². The van der Waals surface area contributed by atoms with Crippen molar-refractivity contribution in [3.8, 4) is 0 Å². The van der Waals surface area contributed by atoms with Gasteiger partial charge in [-0.15, -0.1) is 13.2 Å². The van der Waals surface area contributed by atoms with E-state index in [1.807, 2.05) is 30.3 Å². The molecular formula is C30H40BrN3O5. The number of likely N-dealkylation sites (N-methyl/N-ethyl adjacent to an activating group) is 1. The molecule has 0 aromatic heterocycles. The second kappa shape index (κ2) is 12.4. The number of hydrogen-bond acceptors (Lipinski definition) is 5. The molecule has 0 aliphatic carbocycles. The molecule has 0 saturated carbocycles. The van der Waals surface area contributed by atoms with E-state index in [1.54, 1.807) is 33.9 Å². The lowest BCUT2D eigenvalue weighted by molar-refractivity contribution is -0.151. The van der Waals surface area contributed by atoms with E-state index in [1.165, 1.54) is 0 Å². The highest BCUT2D eigenvalue weighted by molar-refractivity contribution is 9.09. The zero-order valence-corrected chi connectivity index (χ0v) is 24.5. The van der Waals surface area contributed by atoms with Crippen LogP contribution in [0.3, 0.4) is 0 Å². The molecule has 0 radical (unpaired) electrons. The number of ether oxygens (including phenoxy) is 1. The average molecular weight is 603 g/mol. The van der Waals surface area contributed by atoms with E-state index in [0.717, 1.165) is 18.4 Å². The Morgan fingerprint density at radius 3 is 2.54 bits per heavy atom. The van der Waals surface area contributed by atoms with Crippen LogP contribution in [0.25, 0.3) is 0 Å². The molecule has 1 aromatic carbocycles. The van der Waals surface area contributed by atoms with Crippen molar-refractivity contribution in [2.75, 3.05) is 33.3 Å². The third-order valence-corrected chi connectivity index (χ3v) is 9.23. The van der Waals surface area contributed by atoms with Crippen molar-refractivity contribution in [2.24, 2.45) is 11.8 Å². The number of nitrogens with zero attached hydrogens (tertiary/aromatic N) is 3. The molecule has 8 nitrogen and oxygen atoms in total. The predicted molar refractivity (Wildman–Crippen MR) is 153 cm³/mol. The van der Waals surface area contributed by atoms with E-state index in [0.29, 0.717) is 32.5 Å². The van der Waals surface area contributed by atoms with Gasteiger partial charge in [0.2, 0.25) is 17.7 Å². The summed E-state index contributed by atoms with van der Waals surface area (Å²) < 4.78 is 6.63. The first-order valence-electron chi connectivity index (χ1n) is 13.8. The average Bonchev–Trinajstić information content (AvgIpc) is 3.53. The molecule has 1 N–H and O–H groups in total. The number of benzene rings is 1. The molecule has 2 bridgehead atoms. The van der Waals surface area contributed by atoms with Gasteiger partial charge in [-0.05, 0) is 24.8 Å². The van der Waals surface area contributed by atoms with Gasteiger partial charge in [-0.3, -0.25) is 14.4 Å². The fraction of sp³-hybridized carbons (Fsp3) is 0.567. The van der Waals surface area contributed by atoms with E-state index in [-0.39, 0.29) is 29.2 Å². The zero-order chi connectivity index (χ0) is 28.3. The summed E-state index contributed by atoms with van der Waals surface area (Å²) in [5.74, 6) is -2.27. The van der Waals surface area contributed by atoms with Crippen LogP contribution in [0.1, 0.15) is 31.7 Å². The highest BCUT2D eigenvalue weighted by Gasteiger charge is 2.77. The summed E-state index contributed by atoms with van der Waals surface area (Å²) in [7, 11) is 1.69. The monoisotopic (exact) mass is 601 g/mol. The summed E-state index contributed by atoms with van der Waals surface area (Å²) in [5, 5.41) is 10.6. The Labute approximate surface area is 239 Å². The number of carbonyl (C=O) groups excluding carboxylic acids is 3. The number of aliphatic hydroxyl groups is 1. The zero-order valence-electron chi connectivity index (χ0n) is 22.9. The molecule has 3 saturated heterocycles. The Bertz CT molecular complexity index is 1080. The predicted octanol–water partition coefficient (Wildman–Crippen LogP) is 2.80. The van der Waals surface area contributed by atoms with Crippen LogP contribution < -0.4 is 0 Å². The van der Waals surface area contributed by atoms with Gasteiger partial charge in [-0.2, -0.15) is 0 Å². The highest BCUT2D eigenvalue weighted by atomic mass is 79.9. The van der Waals surface area contributed by atoms with Gasteiger partial charge >= 0.3 is 0 Å². The number of likely N-dealkylation sites (tertiary alicyclic amines) is 1. The second-order valence-electron chi connectivity index (χ2n) is 10.9. The molecule has 39 heavy (non-hydrogen) atoms. The number of amides is 3. The first kappa shape index (κ1) is 29.5. The van der Waals surface area contributed by atoms with Crippen molar-refractivity contribution < 1.29 is 24.2 Å².